The van der Waals surface area contributed by atoms with Gasteiger partial charge in [0.15, 0.2) is 0 Å². The van der Waals surface area contributed by atoms with Crippen molar-refractivity contribution in [2.24, 2.45) is 0 Å². The number of ether oxygens (including phenoxy) is 2. The molecule has 0 saturated carbocycles. The summed E-state index contributed by atoms with van der Waals surface area (Å²) in [6.07, 6.45) is 11.3. The molecule has 0 aromatic rings. The first-order valence-electron chi connectivity index (χ1n) is 8.48. The van der Waals surface area contributed by atoms with Crippen molar-refractivity contribution in [2.45, 2.75) is 130 Å². The standard InChI is InChI=1S/C10H22O.C7H16O.6CH4/c1-3-5-7-8-10-11-9-6-4-2;1-3-5-7-8-6-4-2;;;;;;/h3-10H2,1-2H3;3-7H2,1-2H3;6*1H4. The molecule has 0 bridgehead atoms. The van der Waals surface area contributed by atoms with Crippen LogP contribution < -0.4 is 0 Å². The van der Waals surface area contributed by atoms with E-state index in [1.54, 1.807) is 0 Å². The third-order valence-corrected chi connectivity index (χ3v) is 2.78. The Morgan fingerprint density at radius 1 is 0.360 bits per heavy atom. The van der Waals surface area contributed by atoms with Crippen LogP contribution in [0.25, 0.3) is 0 Å². The van der Waals surface area contributed by atoms with E-state index in [0.29, 0.717) is 0 Å². The quantitative estimate of drug-likeness (QED) is 0.300. The van der Waals surface area contributed by atoms with Gasteiger partial charge in [0.2, 0.25) is 0 Å². The lowest BCUT2D eigenvalue weighted by molar-refractivity contribution is 0.127. The van der Waals surface area contributed by atoms with Crippen LogP contribution in [0, 0.1) is 0 Å². The van der Waals surface area contributed by atoms with E-state index in [0.717, 1.165) is 32.8 Å². The zero-order valence-electron chi connectivity index (χ0n) is 14.0. The number of unbranched alkanes of at least 4 members (excludes halogenated alkanes) is 5. The van der Waals surface area contributed by atoms with Gasteiger partial charge in [0, 0.05) is 26.4 Å². The lowest BCUT2D eigenvalue weighted by atomic mass is 10.2. The SMILES string of the molecule is C.C.C.C.C.C.CCCCCCOCCCC.CCCCOCCC. The predicted molar refractivity (Wildman–Crippen MR) is 126 cm³/mol. The third-order valence-electron chi connectivity index (χ3n) is 2.78. The average molecular weight is 371 g/mol. The van der Waals surface area contributed by atoms with Gasteiger partial charge in [-0.1, -0.05) is 104 Å². The maximum atomic E-state index is 5.42. The van der Waals surface area contributed by atoms with Crippen LogP contribution in [-0.2, 0) is 9.47 Å². The second-order valence-corrected chi connectivity index (χ2v) is 4.99. The molecule has 0 fully saturated rings. The van der Waals surface area contributed by atoms with Crippen LogP contribution >= 0.6 is 0 Å². The molecule has 0 aliphatic carbocycles. The van der Waals surface area contributed by atoms with Crippen molar-refractivity contribution in [1.29, 1.82) is 0 Å². The summed E-state index contributed by atoms with van der Waals surface area (Å²) in [6.45, 7) is 12.5. The van der Waals surface area contributed by atoms with Gasteiger partial charge in [-0.25, -0.2) is 0 Å². The molecule has 2 heteroatoms. The maximum absolute atomic E-state index is 5.42. The highest BCUT2D eigenvalue weighted by Gasteiger charge is 1.88. The molecule has 0 rings (SSSR count). The Morgan fingerprint density at radius 3 is 1.08 bits per heavy atom. The van der Waals surface area contributed by atoms with E-state index < -0.39 is 0 Å². The van der Waals surface area contributed by atoms with Crippen molar-refractivity contribution >= 4 is 0 Å². The Labute approximate surface area is 166 Å². The largest absolute Gasteiger partial charge is 0.381 e. The first-order valence-corrected chi connectivity index (χ1v) is 8.48. The molecule has 0 amide bonds. The van der Waals surface area contributed by atoms with Gasteiger partial charge in [-0.15, -0.1) is 0 Å². The Bertz CT molecular complexity index is 113. The molecule has 0 heterocycles. The molecule has 0 saturated heterocycles. The minimum Gasteiger partial charge on any atom is -0.381 e. The Hall–Kier alpha value is -0.0800. The summed E-state index contributed by atoms with van der Waals surface area (Å²) in [4.78, 5) is 0. The van der Waals surface area contributed by atoms with Crippen LogP contribution in [0.2, 0.25) is 0 Å². The van der Waals surface area contributed by atoms with Gasteiger partial charge in [0.05, 0.1) is 0 Å². The zero-order chi connectivity index (χ0) is 14.6. The van der Waals surface area contributed by atoms with Gasteiger partial charge in [-0.3, -0.25) is 0 Å². The van der Waals surface area contributed by atoms with E-state index in [1.165, 1.54) is 51.4 Å². The summed E-state index contributed by atoms with van der Waals surface area (Å²) in [5.74, 6) is 0. The summed E-state index contributed by atoms with van der Waals surface area (Å²) >= 11 is 0. The Kier molecular flexibility index (Phi) is 112. The molecule has 0 spiro atoms. The second-order valence-electron chi connectivity index (χ2n) is 4.99. The molecular formula is C23H62O2. The van der Waals surface area contributed by atoms with Gasteiger partial charge < -0.3 is 9.47 Å². The van der Waals surface area contributed by atoms with Crippen molar-refractivity contribution in [2.75, 3.05) is 26.4 Å². The average Bonchev–Trinajstić information content (AvgIpc) is 2.44. The highest BCUT2D eigenvalue weighted by Crippen LogP contribution is 1.99. The highest BCUT2D eigenvalue weighted by molar-refractivity contribution is 4.39. The van der Waals surface area contributed by atoms with E-state index in [1.807, 2.05) is 0 Å². The first kappa shape index (κ1) is 49.8. The molecule has 166 valence electrons. The summed E-state index contributed by atoms with van der Waals surface area (Å²) in [6, 6.07) is 0. The van der Waals surface area contributed by atoms with Crippen molar-refractivity contribution < 1.29 is 9.47 Å². The molecule has 2 nitrogen and oxygen atoms in total. The number of hydrogen-bond donors (Lipinski definition) is 0. The molecule has 0 atom stereocenters. The molecular weight excluding hydrogens is 308 g/mol. The zero-order valence-corrected chi connectivity index (χ0v) is 14.0. The van der Waals surface area contributed by atoms with Gasteiger partial charge in [-0.2, -0.15) is 0 Å². The maximum Gasteiger partial charge on any atom is 0.0466 e. The highest BCUT2D eigenvalue weighted by atomic mass is 16.5. The van der Waals surface area contributed by atoms with E-state index in [9.17, 15) is 0 Å². The van der Waals surface area contributed by atoms with E-state index in [2.05, 4.69) is 27.7 Å². The van der Waals surface area contributed by atoms with Gasteiger partial charge in [-0.05, 0) is 25.7 Å². The van der Waals surface area contributed by atoms with Crippen LogP contribution in [0.3, 0.4) is 0 Å². The van der Waals surface area contributed by atoms with Gasteiger partial charge in [0.25, 0.3) is 0 Å². The molecule has 25 heavy (non-hydrogen) atoms. The summed E-state index contributed by atoms with van der Waals surface area (Å²) in [5.41, 5.74) is 0. The van der Waals surface area contributed by atoms with E-state index >= 15 is 0 Å². The lowest BCUT2D eigenvalue weighted by Crippen LogP contribution is -1.96. The molecule has 0 aliphatic rings. The van der Waals surface area contributed by atoms with Crippen molar-refractivity contribution in [1.82, 2.24) is 0 Å². The number of rotatable bonds is 13. The molecule has 0 aliphatic heterocycles. The van der Waals surface area contributed by atoms with Gasteiger partial charge >= 0.3 is 0 Å². The van der Waals surface area contributed by atoms with Crippen LogP contribution in [0.5, 0.6) is 0 Å². The fraction of sp³-hybridized carbons (Fsp3) is 1.00. The molecule has 0 radical (unpaired) electrons. The second kappa shape index (κ2) is 56.4. The summed E-state index contributed by atoms with van der Waals surface area (Å²) in [5, 5.41) is 0. The first-order chi connectivity index (χ1) is 9.33. The van der Waals surface area contributed by atoms with Crippen LogP contribution in [0.1, 0.15) is 130 Å². The lowest BCUT2D eigenvalue weighted by Gasteiger charge is -2.01. The fourth-order valence-corrected chi connectivity index (χ4v) is 1.47. The molecule has 0 aromatic carbocycles. The minimum atomic E-state index is 0. The van der Waals surface area contributed by atoms with E-state index in [-0.39, 0.29) is 44.6 Å². The summed E-state index contributed by atoms with van der Waals surface area (Å²) < 4.78 is 10.6. The smallest absolute Gasteiger partial charge is 0.0466 e. The van der Waals surface area contributed by atoms with Crippen LogP contribution in [-0.4, -0.2) is 26.4 Å². The molecule has 0 N–H and O–H groups in total. The third kappa shape index (κ3) is 68.9. The topological polar surface area (TPSA) is 18.5 Å². The van der Waals surface area contributed by atoms with Crippen molar-refractivity contribution in [3.8, 4) is 0 Å². The minimum absolute atomic E-state index is 0. The monoisotopic (exact) mass is 370 g/mol. The van der Waals surface area contributed by atoms with Crippen LogP contribution in [0.4, 0.5) is 0 Å². The van der Waals surface area contributed by atoms with Crippen molar-refractivity contribution in [3.63, 3.8) is 0 Å². The molecule has 0 aromatic heterocycles. The van der Waals surface area contributed by atoms with E-state index in [4.69, 9.17) is 9.47 Å². The van der Waals surface area contributed by atoms with Crippen LogP contribution in [0.15, 0.2) is 0 Å². The Morgan fingerprint density at radius 2 is 0.720 bits per heavy atom. The normalized spacial score (nSPS) is 7.68. The summed E-state index contributed by atoms with van der Waals surface area (Å²) in [7, 11) is 0. The number of hydrogen-bond acceptors (Lipinski definition) is 2. The fourth-order valence-electron chi connectivity index (χ4n) is 1.47. The predicted octanol–water partition coefficient (Wildman–Crippen LogP) is 9.41. The molecule has 0 unspecified atom stereocenters. The van der Waals surface area contributed by atoms with Gasteiger partial charge in [0.1, 0.15) is 0 Å². The van der Waals surface area contributed by atoms with Crippen molar-refractivity contribution in [3.05, 3.63) is 0 Å². The Balaban J connectivity index is -0.0000000319.